The van der Waals surface area contributed by atoms with E-state index in [-0.39, 0.29) is 11.9 Å². The minimum Gasteiger partial charge on any atom is -0.348 e. The number of carbonyl (C=O) groups excluding carboxylic acids is 2. The number of amides is 2. The topological polar surface area (TPSA) is 62.3 Å². The van der Waals surface area contributed by atoms with Gasteiger partial charge in [0.05, 0.1) is 0 Å². The van der Waals surface area contributed by atoms with Crippen molar-refractivity contribution < 1.29 is 9.59 Å². The number of aromatic nitrogens is 1. The van der Waals surface area contributed by atoms with Crippen molar-refractivity contribution in [3.05, 3.63) is 29.0 Å². The summed E-state index contributed by atoms with van der Waals surface area (Å²) in [5.41, 5.74) is 0.320. The van der Waals surface area contributed by atoms with Gasteiger partial charge in [-0.3, -0.25) is 9.59 Å². The maximum atomic E-state index is 11.9. The van der Waals surface area contributed by atoms with E-state index in [4.69, 9.17) is 11.6 Å². The molecule has 0 atom stereocenters. The van der Waals surface area contributed by atoms with E-state index in [1.807, 2.05) is 0 Å². The third kappa shape index (κ3) is 3.20. The quantitative estimate of drug-likeness (QED) is 0.659. The molecule has 1 saturated heterocycles. The van der Waals surface area contributed by atoms with Crippen molar-refractivity contribution in [2.24, 2.45) is 0 Å². The molecule has 6 heteroatoms. The maximum absolute atomic E-state index is 11.9. The largest absolute Gasteiger partial charge is 0.348 e. The van der Waals surface area contributed by atoms with Crippen molar-refractivity contribution in [2.75, 3.05) is 13.1 Å². The standard InChI is InChI=1S/C12H14ClN3O2/c13-11-3-1-2-10(15-11)12(18)14-9-4-6-16(8-17)7-5-9/h1-3,8-9H,4-7H2,(H,14,18). The van der Waals surface area contributed by atoms with E-state index in [0.29, 0.717) is 23.9 Å². The minimum absolute atomic E-state index is 0.0921. The number of likely N-dealkylation sites (tertiary alicyclic amines) is 1. The van der Waals surface area contributed by atoms with E-state index < -0.39 is 0 Å². The Labute approximate surface area is 110 Å². The van der Waals surface area contributed by atoms with E-state index in [1.54, 1.807) is 23.1 Å². The van der Waals surface area contributed by atoms with Crippen molar-refractivity contribution in [1.29, 1.82) is 0 Å². The van der Waals surface area contributed by atoms with Crippen molar-refractivity contribution in [3.8, 4) is 0 Å². The molecule has 1 aliphatic rings. The summed E-state index contributed by atoms with van der Waals surface area (Å²) < 4.78 is 0. The highest BCUT2D eigenvalue weighted by Gasteiger charge is 2.20. The predicted molar refractivity (Wildman–Crippen MR) is 67.4 cm³/mol. The van der Waals surface area contributed by atoms with Crippen LogP contribution in [0.3, 0.4) is 0 Å². The Morgan fingerprint density at radius 3 is 2.78 bits per heavy atom. The van der Waals surface area contributed by atoms with Crippen LogP contribution in [0, 0.1) is 0 Å². The van der Waals surface area contributed by atoms with Gasteiger partial charge in [-0.2, -0.15) is 0 Å². The van der Waals surface area contributed by atoms with Crippen molar-refractivity contribution in [2.45, 2.75) is 18.9 Å². The fourth-order valence-electron chi connectivity index (χ4n) is 1.94. The number of rotatable bonds is 3. The molecule has 0 aromatic carbocycles. The fraction of sp³-hybridized carbons (Fsp3) is 0.417. The number of hydrogen-bond donors (Lipinski definition) is 1. The molecule has 96 valence electrons. The number of nitrogens with one attached hydrogen (secondary N) is 1. The van der Waals surface area contributed by atoms with Crippen LogP contribution < -0.4 is 5.32 Å². The lowest BCUT2D eigenvalue weighted by Crippen LogP contribution is -2.44. The first kappa shape index (κ1) is 12.8. The number of hydrogen-bond acceptors (Lipinski definition) is 3. The van der Waals surface area contributed by atoms with Crippen molar-refractivity contribution in [1.82, 2.24) is 15.2 Å². The maximum Gasteiger partial charge on any atom is 0.270 e. The molecule has 0 unspecified atom stereocenters. The smallest absolute Gasteiger partial charge is 0.270 e. The monoisotopic (exact) mass is 267 g/mol. The zero-order valence-corrected chi connectivity index (χ0v) is 10.6. The van der Waals surface area contributed by atoms with Crippen LogP contribution >= 0.6 is 11.6 Å². The van der Waals surface area contributed by atoms with Gasteiger partial charge < -0.3 is 10.2 Å². The van der Waals surface area contributed by atoms with Crippen LogP contribution in [-0.2, 0) is 4.79 Å². The molecule has 0 bridgehead atoms. The second-order valence-electron chi connectivity index (χ2n) is 4.23. The highest BCUT2D eigenvalue weighted by molar-refractivity contribution is 6.29. The summed E-state index contributed by atoms with van der Waals surface area (Å²) in [6, 6.07) is 5.04. The van der Waals surface area contributed by atoms with E-state index in [0.717, 1.165) is 19.3 Å². The molecule has 2 amide bonds. The van der Waals surface area contributed by atoms with E-state index in [1.165, 1.54) is 0 Å². The van der Waals surface area contributed by atoms with Gasteiger partial charge in [0.15, 0.2) is 0 Å². The zero-order chi connectivity index (χ0) is 13.0. The second kappa shape index (κ2) is 5.82. The summed E-state index contributed by atoms with van der Waals surface area (Å²) >= 11 is 5.73. The van der Waals surface area contributed by atoms with Gasteiger partial charge in [-0.15, -0.1) is 0 Å². The summed E-state index contributed by atoms with van der Waals surface area (Å²) in [4.78, 5) is 28.1. The van der Waals surface area contributed by atoms with Gasteiger partial charge in [-0.1, -0.05) is 17.7 Å². The Kier molecular flexibility index (Phi) is 4.15. The Bertz CT molecular complexity index is 445. The first-order valence-electron chi connectivity index (χ1n) is 5.82. The molecule has 18 heavy (non-hydrogen) atoms. The first-order valence-corrected chi connectivity index (χ1v) is 6.19. The molecule has 2 rings (SSSR count). The minimum atomic E-state index is -0.220. The molecule has 2 heterocycles. The molecule has 5 nitrogen and oxygen atoms in total. The lowest BCUT2D eigenvalue weighted by atomic mass is 10.1. The lowest BCUT2D eigenvalue weighted by molar-refractivity contribution is -0.119. The van der Waals surface area contributed by atoms with E-state index >= 15 is 0 Å². The first-order chi connectivity index (χ1) is 8.69. The number of pyridine rings is 1. The molecule has 1 aromatic rings. The van der Waals surface area contributed by atoms with Gasteiger partial charge in [0.1, 0.15) is 10.8 Å². The summed E-state index contributed by atoms with van der Waals surface area (Å²) in [7, 11) is 0. The third-order valence-electron chi connectivity index (χ3n) is 2.96. The van der Waals surface area contributed by atoms with Gasteiger partial charge >= 0.3 is 0 Å². The molecule has 1 aromatic heterocycles. The van der Waals surface area contributed by atoms with Crippen LogP contribution in [0.25, 0.3) is 0 Å². The lowest BCUT2D eigenvalue weighted by Gasteiger charge is -2.29. The highest BCUT2D eigenvalue weighted by Crippen LogP contribution is 2.10. The van der Waals surface area contributed by atoms with Crippen LogP contribution in [0.4, 0.5) is 0 Å². The van der Waals surface area contributed by atoms with Gasteiger partial charge in [-0.05, 0) is 25.0 Å². The van der Waals surface area contributed by atoms with Gasteiger partial charge in [-0.25, -0.2) is 4.98 Å². The van der Waals surface area contributed by atoms with Crippen LogP contribution in [-0.4, -0.2) is 41.3 Å². The summed E-state index contributed by atoms with van der Waals surface area (Å²) in [6.45, 7) is 1.36. The molecule has 0 spiro atoms. The highest BCUT2D eigenvalue weighted by atomic mass is 35.5. The van der Waals surface area contributed by atoms with Gasteiger partial charge in [0, 0.05) is 19.1 Å². The number of piperidine rings is 1. The number of carbonyl (C=O) groups is 2. The van der Waals surface area contributed by atoms with Crippen LogP contribution in [0.1, 0.15) is 23.3 Å². The zero-order valence-electron chi connectivity index (χ0n) is 9.80. The molecule has 0 aliphatic carbocycles. The Balaban J connectivity index is 1.90. The SMILES string of the molecule is O=CN1CCC(NC(=O)c2cccc(Cl)n2)CC1. The van der Waals surface area contributed by atoms with Crippen LogP contribution in [0.15, 0.2) is 18.2 Å². The summed E-state index contributed by atoms with van der Waals surface area (Å²) in [6.07, 6.45) is 2.38. The van der Waals surface area contributed by atoms with E-state index in [9.17, 15) is 9.59 Å². The van der Waals surface area contributed by atoms with Crippen molar-refractivity contribution in [3.63, 3.8) is 0 Å². The van der Waals surface area contributed by atoms with Crippen LogP contribution in [0.5, 0.6) is 0 Å². The Hall–Kier alpha value is -1.62. The van der Waals surface area contributed by atoms with E-state index in [2.05, 4.69) is 10.3 Å². The molecule has 1 fully saturated rings. The average molecular weight is 268 g/mol. The van der Waals surface area contributed by atoms with Gasteiger partial charge in [0.25, 0.3) is 5.91 Å². The normalized spacial score (nSPS) is 16.4. The molecule has 0 radical (unpaired) electrons. The van der Waals surface area contributed by atoms with Crippen molar-refractivity contribution >= 4 is 23.9 Å². The predicted octanol–water partition coefficient (Wildman–Crippen LogP) is 1.09. The summed E-state index contributed by atoms with van der Waals surface area (Å²) in [5, 5.41) is 3.21. The average Bonchev–Trinajstić information content (AvgIpc) is 2.39. The van der Waals surface area contributed by atoms with Gasteiger partial charge in [0.2, 0.25) is 6.41 Å². The fourth-order valence-corrected chi connectivity index (χ4v) is 2.11. The number of halogens is 1. The molecule has 1 aliphatic heterocycles. The Morgan fingerprint density at radius 2 is 2.17 bits per heavy atom. The molecule has 0 saturated carbocycles. The molecular formula is C12H14ClN3O2. The van der Waals surface area contributed by atoms with Crippen LogP contribution in [0.2, 0.25) is 5.15 Å². The molecular weight excluding hydrogens is 254 g/mol. The molecule has 1 N–H and O–H groups in total. The number of nitrogens with zero attached hydrogens (tertiary/aromatic N) is 2. The third-order valence-corrected chi connectivity index (χ3v) is 3.17. The second-order valence-corrected chi connectivity index (χ2v) is 4.62. The Morgan fingerprint density at radius 1 is 1.44 bits per heavy atom. The summed E-state index contributed by atoms with van der Waals surface area (Å²) in [5.74, 6) is -0.220.